The van der Waals surface area contributed by atoms with Gasteiger partial charge in [0.15, 0.2) is 0 Å². The predicted octanol–water partition coefficient (Wildman–Crippen LogP) is 4.44. The summed E-state index contributed by atoms with van der Waals surface area (Å²) in [5.74, 6) is 0.112. The SMILES string of the molecule is COc1ccc(N(CC(=O)N2CCc3ccccc32)S(=O)(=O)c2ccc(C)cc2)cc1Cl. The second kappa shape index (κ2) is 8.84. The first-order chi connectivity index (χ1) is 15.3. The standard InChI is InChI=1S/C24H23ClN2O4S/c1-17-7-10-20(11-8-17)32(29,30)27(19-9-12-23(31-2)21(25)15-19)16-24(28)26-14-13-18-5-3-4-6-22(18)26/h3-12,15H,13-14,16H2,1-2H3. The lowest BCUT2D eigenvalue weighted by molar-refractivity contribution is -0.117. The van der Waals surface area contributed by atoms with Crippen LogP contribution in [0.3, 0.4) is 0 Å². The van der Waals surface area contributed by atoms with Crippen LogP contribution in [0, 0.1) is 6.92 Å². The predicted molar refractivity (Wildman–Crippen MR) is 126 cm³/mol. The summed E-state index contributed by atoms with van der Waals surface area (Å²) in [7, 11) is -2.54. The molecule has 0 bridgehead atoms. The first-order valence-electron chi connectivity index (χ1n) is 10.1. The first-order valence-corrected chi connectivity index (χ1v) is 11.9. The monoisotopic (exact) mass is 470 g/mol. The van der Waals surface area contributed by atoms with Crippen LogP contribution in [0.4, 0.5) is 11.4 Å². The minimum atomic E-state index is -4.02. The summed E-state index contributed by atoms with van der Waals surface area (Å²) in [5, 5.41) is 0.257. The van der Waals surface area contributed by atoms with Crippen LogP contribution in [0.1, 0.15) is 11.1 Å². The molecular weight excluding hydrogens is 448 g/mol. The average Bonchev–Trinajstić information content (AvgIpc) is 3.22. The molecule has 8 heteroatoms. The Bertz CT molecular complexity index is 1260. The van der Waals surface area contributed by atoms with Crippen LogP contribution >= 0.6 is 11.6 Å². The van der Waals surface area contributed by atoms with Crippen LogP contribution in [-0.2, 0) is 21.2 Å². The summed E-state index contributed by atoms with van der Waals surface area (Å²) < 4.78 is 33.5. The lowest BCUT2D eigenvalue weighted by Crippen LogP contribution is -2.42. The van der Waals surface area contributed by atoms with Gasteiger partial charge in [0.2, 0.25) is 5.91 Å². The maximum absolute atomic E-state index is 13.6. The van der Waals surface area contributed by atoms with Gasteiger partial charge in [0.25, 0.3) is 10.0 Å². The van der Waals surface area contributed by atoms with Gasteiger partial charge in [0.05, 0.1) is 22.7 Å². The normalized spacial score (nSPS) is 13.0. The fraction of sp³-hybridized carbons (Fsp3) is 0.208. The molecule has 0 aliphatic carbocycles. The lowest BCUT2D eigenvalue weighted by Gasteiger charge is -2.27. The first kappa shape index (κ1) is 22.2. The minimum absolute atomic E-state index is 0.102. The quantitative estimate of drug-likeness (QED) is 0.534. The van der Waals surface area contributed by atoms with Crippen molar-refractivity contribution in [3.8, 4) is 5.75 Å². The topological polar surface area (TPSA) is 66.9 Å². The second-order valence-corrected chi connectivity index (χ2v) is 9.84. The molecular formula is C24H23ClN2O4S. The maximum atomic E-state index is 13.6. The van der Waals surface area contributed by atoms with Crippen molar-refractivity contribution in [2.24, 2.45) is 0 Å². The summed E-state index contributed by atoms with van der Waals surface area (Å²) in [6, 6.07) is 18.9. The van der Waals surface area contributed by atoms with Crippen LogP contribution in [0.2, 0.25) is 5.02 Å². The molecule has 1 heterocycles. The Morgan fingerprint density at radius 1 is 1.09 bits per heavy atom. The number of sulfonamides is 1. The Labute approximate surface area is 193 Å². The van der Waals surface area contributed by atoms with E-state index in [0.717, 1.165) is 27.5 Å². The molecule has 6 nitrogen and oxygen atoms in total. The van der Waals surface area contributed by atoms with Gasteiger partial charge in [-0.1, -0.05) is 47.5 Å². The molecule has 32 heavy (non-hydrogen) atoms. The van der Waals surface area contributed by atoms with Gasteiger partial charge < -0.3 is 9.64 Å². The Kier molecular flexibility index (Phi) is 6.13. The summed E-state index contributed by atoms with van der Waals surface area (Å²) in [5.41, 5.74) is 3.11. The summed E-state index contributed by atoms with van der Waals surface area (Å²) in [4.78, 5) is 15.0. The van der Waals surface area contributed by atoms with E-state index >= 15 is 0 Å². The highest BCUT2D eigenvalue weighted by Crippen LogP contribution is 2.33. The number of methoxy groups -OCH3 is 1. The number of rotatable bonds is 6. The van der Waals surface area contributed by atoms with Gasteiger partial charge in [0, 0.05) is 12.2 Å². The van der Waals surface area contributed by atoms with E-state index in [9.17, 15) is 13.2 Å². The largest absolute Gasteiger partial charge is 0.495 e. The number of aryl methyl sites for hydroxylation is 1. The molecule has 1 aliphatic rings. The molecule has 4 rings (SSSR count). The van der Waals surface area contributed by atoms with Gasteiger partial charge in [0.1, 0.15) is 12.3 Å². The Balaban J connectivity index is 1.73. The van der Waals surface area contributed by atoms with Crippen LogP contribution in [0.15, 0.2) is 71.6 Å². The van der Waals surface area contributed by atoms with Gasteiger partial charge in [-0.3, -0.25) is 9.10 Å². The molecule has 3 aromatic rings. The van der Waals surface area contributed by atoms with Crippen molar-refractivity contribution in [2.75, 3.05) is 29.4 Å². The van der Waals surface area contributed by atoms with E-state index in [-0.39, 0.29) is 28.1 Å². The zero-order valence-electron chi connectivity index (χ0n) is 17.8. The molecule has 1 aliphatic heterocycles. The van der Waals surface area contributed by atoms with E-state index in [1.54, 1.807) is 41.3 Å². The number of carbonyl (C=O) groups excluding carboxylic acids is 1. The molecule has 0 fully saturated rings. The van der Waals surface area contributed by atoms with E-state index < -0.39 is 10.0 Å². The molecule has 1 amide bonds. The summed E-state index contributed by atoms with van der Waals surface area (Å²) in [6.45, 7) is 2.04. The number of hydrogen-bond donors (Lipinski definition) is 0. The number of hydrogen-bond acceptors (Lipinski definition) is 4. The molecule has 0 aromatic heterocycles. The van der Waals surface area contributed by atoms with E-state index in [0.29, 0.717) is 12.3 Å². The van der Waals surface area contributed by atoms with Crippen LogP contribution in [0.5, 0.6) is 5.75 Å². The summed E-state index contributed by atoms with van der Waals surface area (Å²) in [6.07, 6.45) is 0.737. The number of carbonyl (C=O) groups is 1. The van der Waals surface area contributed by atoms with Crippen molar-refractivity contribution in [1.82, 2.24) is 0 Å². The number of nitrogens with zero attached hydrogens (tertiary/aromatic N) is 2. The van der Waals surface area contributed by atoms with Crippen LogP contribution in [0.25, 0.3) is 0 Å². The van der Waals surface area contributed by atoms with E-state index in [4.69, 9.17) is 16.3 Å². The molecule has 0 radical (unpaired) electrons. The Morgan fingerprint density at radius 2 is 1.81 bits per heavy atom. The highest BCUT2D eigenvalue weighted by molar-refractivity contribution is 7.92. The zero-order valence-corrected chi connectivity index (χ0v) is 19.4. The smallest absolute Gasteiger partial charge is 0.264 e. The van der Waals surface area contributed by atoms with Crippen molar-refractivity contribution in [2.45, 2.75) is 18.2 Å². The Hall–Kier alpha value is -3.03. The van der Waals surface area contributed by atoms with Gasteiger partial charge in [-0.05, 0) is 55.3 Å². The number of fused-ring (bicyclic) bond motifs is 1. The van der Waals surface area contributed by atoms with Crippen molar-refractivity contribution in [3.05, 3.63) is 82.9 Å². The average molecular weight is 471 g/mol. The number of halogens is 1. The zero-order chi connectivity index (χ0) is 22.9. The van der Waals surface area contributed by atoms with Gasteiger partial charge >= 0.3 is 0 Å². The number of para-hydroxylation sites is 1. The summed E-state index contributed by atoms with van der Waals surface area (Å²) >= 11 is 6.28. The second-order valence-electron chi connectivity index (χ2n) is 7.57. The molecule has 0 saturated heterocycles. The molecule has 3 aromatic carbocycles. The molecule has 0 spiro atoms. The third-order valence-corrected chi connectivity index (χ3v) is 7.58. The molecule has 0 atom stereocenters. The third kappa shape index (κ3) is 4.18. The Morgan fingerprint density at radius 3 is 2.50 bits per heavy atom. The van der Waals surface area contributed by atoms with Gasteiger partial charge in [-0.15, -0.1) is 0 Å². The number of amides is 1. The third-order valence-electron chi connectivity index (χ3n) is 5.50. The van der Waals surface area contributed by atoms with E-state index in [1.165, 1.54) is 13.2 Å². The minimum Gasteiger partial charge on any atom is -0.495 e. The number of benzene rings is 3. The fourth-order valence-electron chi connectivity index (χ4n) is 3.77. The van der Waals surface area contributed by atoms with Gasteiger partial charge in [-0.25, -0.2) is 8.42 Å². The van der Waals surface area contributed by atoms with E-state index in [1.807, 2.05) is 31.2 Å². The lowest BCUT2D eigenvalue weighted by atomic mass is 10.2. The van der Waals surface area contributed by atoms with Crippen molar-refractivity contribution in [1.29, 1.82) is 0 Å². The number of ether oxygens (including phenoxy) is 1. The van der Waals surface area contributed by atoms with Crippen molar-refractivity contribution >= 4 is 38.9 Å². The van der Waals surface area contributed by atoms with E-state index in [2.05, 4.69) is 0 Å². The van der Waals surface area contributed by atoms with Crippen LogP contribution in [-0.4, -0.2) is 34.5 Å². The highest BCUT2D eigenvalue weighted by Gasteiger charge is 2.32. The fourth-order valence-corrected chi connectivity index (χ4v) is 5.43. The highest BCUT2D eigenvalue weighted by atomic mass is 35.5. The molecule has 166 valence electrons. The van der Waals surface area contributed by atoms with Gasteiger partial charge in [-0.2, -0.15) is 0 Å². The molecule has 0 saturated carbocycles. The maximum Gasteiger partial charge on any atom is 0.264 e. The molecule has 0 unspecified atom stereocenters. The molecule has 0 N–H and O–H groups in total. The van der Waals surface area contributed by atoms with Crippen molar-refractivity contribution < 1.29 is 17.9 Å². The van der Waals surface area contributed by atoms with Crippen LogP contribution < -0.4 is 13.9 Å². The number of anilines is 2. The van der Waals surface area contributed by atoms with Crippen molar-refractivity contribution in [3.63, 3.8) is 0 Å².